The molecule has 0 aromatic carbocycles. The lowest BCUT2D eigenvalue weighted by molar-refractivity contribution is -0.138. The van der Waals surface area contributed by atoms with Crippen LogP contribution in [0.5, 0.6) is 0 Å². The van der Waals surface area contributed by atoms with Crippen LogP contribution in [0.15, 0.2) is 0 Å². The third-order valence-electron chi connectivity index (χ3n) is 5.10. The van der Waals surface area contributed by atoms with E-state index < -0.39 is 0 Å². The van der Waals surface area contributed by atoms with E-state index in [4.69, 9.17) is 30.2 Å². The highest BCUT2D eigenvalue weighted by Crippen LogP contribution is 1.88. The van der Waals surface area contributed by atoms with E-state index in [1.807, 2.05) is 20.8 Å². The van der Waals surface area contributed by atoms with E-state index in [2.05, 4.69) is 56.1 Å². The SMILES string of the molecule is CC(C)=O.CCC(O)COC.CCCC.CCCCOC.CCCOC.CC[C@@H](O)COC.CC[C@H](O)COC.COC(C)=O.COCC(C)=N.COCC(C)=O. The van der Waals surface area contributed by atoms with Crippen LogP contribution in [0, 0.1) is 5.41 Å². The smallest absolute Gasteiger partial charge is 0.302 e. The Hall–Kier alpha value is -1.92. The molecule has 57 heavy (non-hydrogen) atoms. The zero-order valence-electron chi connectivity index (χ0n) is 40.7. The predicted molar refractivity (Wildman–Crippen MR) is 236 cm³/mol. The number of unbranched alkanes of at least 4 members (excludes halogenated alkanes) is 2. The summed E-state index contributed by atoms with van der Waals surface area (Å²) in [6, 6.07) is 0. The first-order valence-corrected chi connectivity index (χ1v) is 19.7. The number of aliphatic hydroxyl groups excluding tert-OH is 3. The average Bonchev–Trinajstić information content (AvgIpc) is 3.16. The van der Waals surface area contributed by atoms with Crippen LogP contribution in [0.2, 0.25) is 0 Å². The van der Waals surface area contributed by atoms with Crippen LogP contribution in [0.4, 0.5) is 0 Å². The fraction of sp³-hybridized carbons (Fsp3) is 0.905. The van der Waals surface area contributed by atoms with Gasteiger partial charge in [-0.15, -0.1) is 0 Å². The number of methoxy groups -OCH3 is 8. The van der Waals surface area contributed by atoms with Crippen molar-refractivity contribution in [2.75, 3.05) is 103 Å². The van der Waals surface area contributed by atoms with Gasteiger partial charge >= 0.3 is 5.97 Å². The molecule has 0 aromatic heterocycles. The molecular formula is C42H97NO14. The normalized spacial score (nSPS) is 10.2. The molecule has 0 fully saturated rings. The van der Waals surface area contributed by atoms with E-state index in [0.29, 0.717) is 32.1 Å². The Morgan fingerprint density at radius 2 is 0.772 bits per heavy atom. The highest BCUT2D eigenvalue weighted by molar-refractivity contribution is 5.79. The van der Waals surface area contributed by atoms with Crippen molar-refractivity contribution in [3.8, 4) is 0 Å². The summed E-state index contributed by atoms with van der Waals surface area (Å²) in [7, 11) is 12.6. The van der Waals surface area contributed by atoms with Crippen LogP contribution in [0.25, 0.3) is 0 Å². The molecule has 0 heterocycles. The van der Waals surface area contributed by atoms with Crippen molar-refractivity contribution in [2.24, 2.45) is 0 Å². The third kappa shape index (κ3) is 200. The first-order valence-electron chi connectivity index (χ1n) is 19.7. The largest absolute Gasteiger partial charge is 0.469 e. The second-order valence-corrected chi connectivity index (χ2v) is 11.8. The Morgan fingerprint density at radius 3 is 0.807 bits per heavy atom. The summed E-state index contributed by atoms with van der Waals surface area (Å²) < 4.78 is 36.6. The molecule has 0 amide bonds. The highest BCUT2D eigenvalue weighted by atomic mass is 16.5. The number of esters is 1. The molecule has 1 unspecified atom stereocenters. The van der Waals surface area contributed by atoms with Crippen LogP contribution < -0.4 is 0 Å². The minimum absolute atomic E-state index is 0.0671. The van der Waals surface area contributed by atoms with Gasteiger partial charge in [0.15, 0.2) is 5.78 Å². The summed E-state index contributed by atoms with van der Waals surface area (Å²) in [6.07, 6.45) is 7.68. The molecular weight excluding hydrogens is 742 g/mol. The summed E-state index contributed by atoms with van der Waals surface area (Å²) in [5.41, 5.74) is 0.567. The van der Waals surface area contributed by atoms with Crippen LogP contribution in [0.3, 0.4) is 0 Å². The van der Waals surface area contributed by atoms with Gasteiger partial charge in [0.2, 0.25) is 0 Å². The molecule has 0 bridgehead atoms. The topological polar surface area (TPSA) is 210 Å². The average molecular weight is 840 g/mol. The van der Waals surface area contributed by atoms with Gasteiger partial charge in [-0.3, -0.25) is 9.59 Å². The molecule has 15 heteroatoms. The van der Waals surface area contributed by atoms with Crippen molar-refractivity contribution in [2.45, 2.75) is 153 Å². The summed E-state index contributed by atoms with van der Waals surface area (Å²) >= 11 is 0. The second kappa shape index (κ2) is 86.0. The lowest BCUT2D eigenvalue weighted by atomic mass is 10.3. The van der Waals surface area contributed by atoms with Gasteiger partial charge in [0.1, 0.15) is 12.4 Å². The number of carbonyl (C=O) groups excluding carboxylic acids is 3. The molecule has 354 valence electrons. The van der Waals surface area contributed by atoms with E-state index in [-0.39, 0.29) is 42.5 Å². The molecule has 0 aliphatic carbocycles. The van der Waals surface area contributed by atoms with Gasteiger partial charge in [-0.2, -0.15) is 0 Å². The fourth-order valence-corrected chi connectivity index (χ4v) is 1.84. The third-order valence-corrected chi connectivity index (χ3v) is 5.10. The van der Waals surface area contributed by atoms with E-state index in [9.17, 15) is 14.4 Å². The molecule has 15 nitrogen and oxygen atoms in total. The standard InChI is InChI=1S/3C5H12O2.C5H12O.C4H9NO.C4H8O2.C4H10O.C4H10.C3H6O2.C3H6O/c3*1-3-5(6)4-7-2;1-3-4-5-6-2;2*1-4(5)3-6-2;1-3-4-5-2;1-3-4-2;1-3(4)5-2;1-3(2)4/h3*5-6H,3-4H2,1-2H3;3-5H2,1-2H3;5H,3H2,1-2H3;3H2,1-2H3;3-4H2,1-2H3;3-4H2,1-2H3;1-2H3;1-2H3/t2*5-;;;;;;;;/m10......../s1. The maximum Gasteiger partial charge on any atom is 0.302 e. The molecule has 0 radical (unpaired) electrons. The van der Waals surface area contributed by atoms with Crippen LogP contribution in [-0.4, -0.2) is 160 Å². The first kappa shape index (κ1) is 79.3. The van der Waals surface area contributed by atoms with Crippen LogP contribution in [0.1, 0.15) is 134 Å². The molecule has 0 aromatic rings. The Morgan fingerprint density at radius 1 is 0.474 bits per heavy atom. The molecule has 0 rings (SSSR count). The van der Waals surface area contributed by atoms with E-state index in [1.165, 1.54) is 67.6 Å². The van der Waals surface area contributed by atoms with E-state index in [1.54, 1.807) is 49.6 Å². The van der Waals surface area contributed by atoms with E-state index >= 15 is 0 Å². The van der Waals surface area contributed by atoms with Gasteiger partial charge in [-0.05, 0) is 59.8 Å². The summed E-state index contributed by atoms with van der Waals surface area (Å²) in [5, 5.41) is 33.0. The lowest BCUT2D eigenvalue weighted by Crippen LogP contribution is -2.11. The van der Waals surface area contributed by atoms with Gasteiger partial charge in [-0.1, -0.05) is 67.7 Å². The minimum Gasteiger partial charge on any atom is -0.469 e. The molecule has 3 atom stereocenters. The number of nitrogens with one attached hydrogen (secondary N) is 1. The predicted octanol–water partition coefficient (Wildman–Crippen LogP) is 7.16. The van der Waals surface area contributed by atoms with Crippen molar-refractivity contribution >= 4 is 23.2 Å². The number of rotatable bonds is 19. The molecule has 0 aliphatic heterocycles. The number of carbonyl (C=O) groups is 3. The van der Waals surface area contributed by atoms with Crippen molar-refractivity contribution in [1.82, 2.24) is 0 Å². The summed E-state index contributed by atoms with van der Waals surface area (Å²) in [4.78, 5) is 29.0. The lowest BCUT2D eigenvalue weighted by Gasteiger charge is -2.02. The fourth-order valence-electron chi connectivity index (χ4n) is 1.84. The monoisotopic (exact) mass is 840 g/mol. The molecule has 0 aliphatic rings. The molecule has 0 saturated carbocycles. The van der Waals surface area contributed by atoms with Crippen molar-refractivity contribution in [1.29, 1.82) is 5.41 Å². The summed E-state index contributed by atoms with van der Waals surface area (Å²) in [6.45, 7) is 25.8. The number of aliphatic hydroxyl groups is 3. The number of ketones is 2. The van der Waals surface area contributed by atoms with Crippen molar-refractivity contribution < 1.29 is 67.6 Å². The second-order valence-electron chi connectivity index (χ2n) is 11.8. The van der Waals surface area contributed by atoms with Gasteiger partial charge < -0.3 is 63.4 Å². The van der Waals surface area contributed by atoms with Gasteiger partial charge in [0.25, 0.3) is 0 Å². The van der Waals surface area contributed by atoms with Crippen LogP contribution >= 0.6 is 0 Å². The number of hydrogen-bond acceptors (Lipinski definition) is 15. The Balaban J connectivity index is -0.0000000541. The summed E-state index contributed by atoms with van der Waals surface area (Å²) in [5.74, 6) is -0.0116. The van der Waals surface area contributed by atoms with Gasteiger partial charge in [-0.25, -0.2) is 0 Å². The highest BCUT2D eigenvalue weighted by Gasteiger charge is 1.96. The zero-order valence-corrected chi connectivity index (χ0v) is 40.7. The quantitative estimate of drug-likeness (QED) is 0.0578. The maximum absolute atomic E-state index is 9.92. The first-order chi connectivity index (χ1) is 26.7. The Labute approximate surface area is 351 Å². The minimum atomic E-state index is -0.273. The van der Waals surface area contributed by atoms with Crippen molar-refractivity contribution in [3.63, 3.8) is 0 Å². The Bertz CT molecular complexity index is 631. The molecule has 4 N–H and O–H groups in total. The molecule has 0 saturated heterocycles. The van der Waals surface area contributed by atoms with Crippen molar-refractivity contribution in [3.05, 3.63) is 0 Å². The number of ether oxygens (including phenoxy) is 8. The zero-order chi connectivity index (χ0) is 47.3. The molecule has 0 spiro atoms. The van der Waals surface area contributed by atoms with Crippen LogP contribution in [-0.2, 0) is 52.3 Å². The van der Waals surface area contributed by atoms with Gasteiger partial charge in [0, 0.05) is 75.6 Å². The van der Waals surface area contributed by atoms with Gasteiger partial charge in [0.05, 0.1) is 51.8 Å². The number of Topliss-reactive ketones (excluding diaryl/α,β-unsaturated/α-hetero) is 2. The number of hydrogen-bond donors (Lipinski definition) is 4. The van der Waals surface area contributed by atoms with E-state index in [0.717, 1.165) is 38.9 Å². The Kier molecular flexibility index (Phi) is 120. The maximum atomic E-state index is 9.92.